The van der Waals surface area contributed by atoms with E-state index in [1.54, 1.807) is 0 Å². The predicted octanol–water partition coefficient (Wildman–Crippen LogP) is 1.06. The van der Waals surface area contributed by atoms with Crippen molar-refractivity contribution in [3.8, 4) is 0 Å². The molecule has 0 spiro atoms. The van der Waals surface area contributed by atoms with Crippen molar-refractivity contribution in [1.82, 2.24) is 14.7 Å². The SMILES string of the molecule is Cn1nccc1CCN1CCCC1. The van der Waals surface area contributed by atoms with Crippen LogP contribution in [0.25, 0.3) is 0 Å². The lowest BCUT2D eigenvalue weighted by Gasteiger charge is -2.13. The summed E-state index contributed by atoms with van der Waals surface area (Å²) in [5, 5.41) is 4.16. The normalized spacial score (nSPS) is 18.2. The van der Waals surface area contributed by atoms with E-state index in [1.165, 1.54) is 38.2 Å². The van der Waals surface area contributed by atoms with Crippen LogP contribution < -0.4 is 0 Å². The number of aromatic nitrogens is 2. The van der Waals surface area contributed by atoms with Gasteiger partial charge in [-0.3, -0.25) is 4.68 Å². The third-order valence-corrected chi connectivity index (χ3v) is 2.81. The van der Waals surface area contributed by atoms with Crippen LogP contribution in [0.3, 0.4) is 0 Å². The molecular weight excluding hydrogens is 162 g/mol. The fourth-order valence-electron chi connectivity index (χ4n) is 1.93. The Morgan fingerprint density at radius 3 is 2.77 bits per heavy atom. The molecule has 13 heavy (non-hydrogen) atoms. The first-order valence-electron chi connectivity index (χ1n) is 5.05. The zero-order chi connectivity index (χ0) is 9.10. The maximum absolute atomic E-state index is 4.16. The van der Waals surface area contributed by atoms with Gasteiger partial charge in [-0.2, -0.15) is 5.10 Å². The van der Waals surface area contributed by atoms with Crippen molar-refractivity contribution in [2.75, 3.05) is 19.6 Å². The third kappa shape index (κ3) is 2.10. The van der Waals surface area contributed by atoms with Crippen molar-refractivity contribution in [2.24, 2.45) is 7.05 Å². The van der Waals surface area contributed by atoms with E-state index in [-0.39, 0.29) is 0 Å². The number of nitrogens with zero attached hydrogens (tertiary/aromatic N) is 3. The molecule has 0 aliphatic carbocycles. The lowest BCUT2D eigenvalue weighted by molar-refractivity contribution is 0.340. The maximum Gasteiger partial charge on any atom is 0.0492 e. The Kier molecular flexibility index (Phi) is 2.64. The first-order valence-corrected chi connectivity index (χ1v) is 5.05. The highest BCUT2D eigenvalue weighted by Crippen LogP contribution is 2.08. The summed E-state index contributed by atoms with van der Waals surface area (Å²) in [6.07, 6.45) is 5.77. The molecule has 2 rings (SSSR count). The average molecular weight is 179 g/mol. The minimum absolute atomic E-state index is 1.14. The highest BCUT2D eigenvalue weighted by molar-refractivity contribution is 5.00. The summed E-state index contributed by atoms with van der Waals surface area (Å²) in [6, 6.07) is 2.11. The summed E-state index contributed by atoms with van der Waals surface area (Å²) in [4.78, 5) is 2.53. The molecule has 0 saturated carbocycles. The van der Waals surface area contributed by atoms with Gasteiger partial charge >= 0.3 is 0 Å². The molecule has 0 bridgehead atoms. The van der Waals surface area contributed by atoms with Crippen molar-refractivity contribution in [1.29, 1.82) is 0 Å². The molecule has 1 aliphatic heterocycles. The minimum Gasteiger partial charge on any atom is -0.303 e. The van der Waals surface area contributed by atoms with E-state index in [9.17, 15) is 0 Å². The Hall–Kier alpha value is -0.830. The van der Waals surface area contributed by atoms with Crippen LogP contribution in [0.4, 0.5) is 0 Å². The molecule has 72 valence electrons. The van der Waals surface area contributed by atoms with Crippen molar-refractivity contribution in [3.05, 3.63) is 18.0 Å². The van der Waals surface area contributed by atoms with Gasteiger partial charge in [0.1, 0.15) is 0 Å². The number of aryl methyl sites for hydroxylation is 1. The standard InChI is InChI=1S/C10H17N3/c1-12-10(4-6-11-12)5-9-13-7-2-3-8-13/h4,6H,2-3,5,7-9H2,1H3. The zero-order valence-corrected chi connectivity index (χ0v) is 8.24. The van der Waals surface area contributed by atoms with Gasteiger partial charge < -0.3 is 4.90 Å². The topological polar surface area (TPSA) is 21.1 Å². The largest absolute Gasteiger partial charge is 0.303 e. The van der Waals surface area contributed by atoms with Gasteiger partial charge in [0.25, 0.3) is 0 Å². The Morgan fingerprint density at radius 1 is 1.38 bits per heavy atom. The van der Waals surface area contributed by atoms with Crippen LogP contribution in [0.15, 0.2) is 12.3 Å². The predicted molar refractivity (Wildman–Crippen MR) is 52.6 cm³/mol. The van der Waals surface area contributed by atoms with Crippen molar-refractivity contribution in [2.45, 2.75) is 19.3 Å². The van der Waals surface area contributed by atoms with Gasteiger partial charge in [0.15, 0.2) is 0 Å². The second-order valence-corrected chi connectivity index (χ2v) is 3.74. The Labute approximate surface area is 79.3 Å². The zero-order valence-electron chi connectivity index (χ0n) is 8.24. The summed E-state index contributed by atoms with van der Waals surface area (Å²) in [6.45, 7) is 3.77. The molecule has 1 saturated heterocycles. The summed E-state index contributed by atoms with van der Waals surface area (Å²) < 4.78 is 1.97. The van der Waals surface area contributed by atoms with Gasteiger partial charge in [-0.25, -0.2) is 0 Å². The molecule has 0 N–H and O–H groups in total. The van der Waals surface area contributed by atoms with Crippen LogP contribution in [0, 0.1) is 0 Å². The van der Waals surface area contributed by atoms with Crippen molar-refractivity contribution < 1.29 is 0 Å². The molecule has 0 amide bonds. The highest BCUT2D eigenvalue weighted by Gasteiger charge is 2.11. The second kappa shape index (κ2) is 3.92. The molecule has 0 radical (unpaired) electrons. The summed E-state index contributed by atoms with van der Waals surface area (Å²) >= 11 is 0. The highest BCUT2D eigenvalue weighted by atomic mass is 15.3. The van der Waals surface area contributed by atoms with Crippen LogP contribution in [-0.2, 0) is 13.5 Å². The molecule has 1 aliphatic rings. The van der Waals surface area contributed by atoms with E-state index in [1.807, 2.05) is 17.9 Å². The van der Waals surface area contributed by atoms with Crippen molar-refractivity contribution >= 4 is 0 Å². The molecule has 1 fully saturated rings. The Balaban J connectivity index is 1.82. The van der Waals surface area contributed by atoms with Gasteiger partial charge in [-0.05, 0) is 32.0 Å². The first kappa shape index (κ1) is 8.75. The van der Waals surface area contributed by atoms with E-state index >= 15 is 0 Å². The van der Waals surface area contributed by atoms with E-state index in [4.69, 9.17) is 0 Å². The van der Waals surface area contributed by atoms with Crippen LogP contribution in [0.1, 0.15) is 18.5 Å². The fraction of sp³-hybridized carbons (Fsp3) is 0.700. The molecule has 0 unspecified atom stereocenters. The quantitative estimate of drug-likeness (QED) is 0.691. The molecule has 0 aromatic carbocycles. The molecule has 0 atom stereocenters. The second-order valence-electron chi connectivity index (χ2n) is 3.74. The van der Waals surface area contributed by atoms with Crippen LogP contribution in [0.2, 0.25) is 0 Å². The lowest BCUT2D eigenvalue weighted by Crippen LogP contribution is -2.22. The molecule has 2 heterocycles. The van der Waals surface area contributed by atoms with Gasteiger partial charge in [0, 0.05) is 31.9 Å². The van der Waals surface area contributed by atoms with Crippen molar-refractivity contribution in [3.63, 3.8) is 0 Å². The van der Waals surface area contributed by atoms with E-state index in [0.717, 1.165) is 6.42 Å². The van der Waals surface area contributed by atoms with E-state index < -0.39 is 0 Å². The maximum atomic E-state index is 4.16. The summed E-state index contributed by atoms with van der Waals surface area (Å²) in [5.74, 6) is 0. The van der Waals surface area contributed by atoms with Gasteiger partial charge in [-0.1, -0.05) is 0 Å². The molecule has 3 heteroatoms. The molecule has 1 aromatic rings. The van der Waals surface area contributed by atoms with E-state index in [2.05, 4.69) is 16.1 Å². The van der Waals surface area contributed by atoms with Gasteiger partial charge in [-0.15, -0.1) is 0 Å². The minimum atomic E-state index is 1.14. The van der Waals surface area contributed by atoms with Crippen LogP contribution in [0.5, 0.6) is 0 Å². The molecular formula is C10H17N3. The van der Waals surface area contributed by atoms with E-state index in [0.29, 0.717) is 0 Å². The Morgan fingerprint density at radius 2 is 2.15 bits per heavy atom. The molecule has 1 aromatic heterocycles. The fourth-order valence-corrected chi connectivity index (χ4v) is 1.93. The van der Waals surface area contributed by atoms with Crippen LogP contribution >= 0.6 is 0 Å². The number of likely N-dealkylation sites (tertiary alicyclic amines) is 1. The lowest BCUT2D eigenvalue weighted by atomic mass is 10.3. The third-order valence-electron chi connectivity index (χ3n) is 2.81. The number of rotatable bonds is 3. The van der Waals surface area contributed by atoms with Gasteiger partial charge in [0.05, 0.1) is 0 Å². The summed E-state index contributed by atoms with van der Waals surface area (Å²) in [7, 11) is 2.01. The smallest absolute Gasteiger partial charge is 0.0492 e. The Bertz CT molecular complexity index is 261. The van der Waals surface area contributed by atoms with Crippen LogP contribution in [-0.4, -0.2) is 34.3 Å². The first-order chi connectivity index (χ1) is 6.36. The number of hydrogen-bond acceptors (Lipinski definition) is 2. The molecule has 3 nitrogen and oxygen atoms in total. The average Bonchev–Trinajstić information content (AvgIpc) is 2.72. The van der Waals surface area contributed by atoms with Gasteiger partial charge in [0.2, 0.25) is 0 Å². The number of hydrogen-bond donors (Lipinski definition) is 0. The summed E-state index contributed by atoms with van der Waals surface area (Å²) in [5.41, 5.74) is 1.34. The monoisotopic (exact) mass is 179 g/mol.